The number of para-hydroxylation sites is 2. The Balaban J connectivity index is 1.77. The lowest BCUT2D eigenvalue weighted by atomic mass is 10.1. The fourth-order valence-electron chi connectivity index (χ4n) is 2.92. The van der Waals surface area contributed by atoms with Crippen molar-refractivity contribution in [2.45, 2.75) is 0 Å². The molecule has 0 radical (unpaired) electrons. The molecule has 0 saturated carbocycles. The van der Waals surface area contributed by atoms with Gasteiger partial charge in [-0.05, 0) is 24.3 Å². The molecule has 148 valence electrons. The first kappa shape index (κ1) is 19.9. The summed E-state index contributed by atoms with van der Waals surface area (Å²) in [6, 6.07) is 14.0. The maximum absolute atomic E-state index is 12.9. The summed E-state index contributed by atoms with van der Waals surface area (Å²) in [7, 11) is 1.59. The quantitative estimate of drug-likeness (QED) is 0.742. The van der Waals surface area contributed by atoms with Gasteiger partial charge in [-0.15, -0.1) is 0 Å². The number of nitrogens with one attached hydrogen (secondary N) is 1. The van der Waals surface area contributed by atoms with Crippen molar-refractivity contribution >= 4 is 17.5 Å². The lowest BCUT2D eigenvalue weighted by molar-refractivity contribution is 0.0303. The second kappa shape index (κ2) is 9.87. The van der Waals surface area contributed by atoms with Crippen molar-refractivity contribution in [1.82, 2.24) is 4.90 Å². The van der Waals surface area contributed by atoms with Gasteiger partial charge in [0.25, 0.3) is 11.8 Å². The maximum Gasteiger partial charge on any atom is 0.259 e. The number of morpholine rings is 1. The molecule has 0 aromatic heterocycles. The Morgan fingerprint density at radius 2 is 1.68 bits per heavy atom. The summed E-state index contributed by atoms with van der Waals surface area (Å²) >= 11 is 0. The van der Waals surface area contributed by atoms with E-state index >= 15 is 0 Å². The number of hydrogen-bond acceptors (Lipinski definition) is 5. The molecule has 0 atom stereocenters. The first-order valence-corrected chi connectivity index (χ1v) is 9.19. The number of benzene rings is 2. The topological polar surface area (TPSA) is 77.1 Å². The van der Waals surface area contributed by atoms with Crippen LogP contribution in [0, 0.1) is 0 Å². The smallest absolute Gasteiger partial charge is 0.259 e. The molecule has 0 spiro atoms. The Morgan fingerprint density at radius 3 is 2.43 bits per heavy atom. The molecule has 1 heterocycles. The van der Waals surface area contributed by atoms with Gasteiger partial charge in [-0.3, -0.25) is 9.59 Å². The summed E-state index contributed by atoms with van der Waals surface area (Å²) < 4.78 is 15.9. The van der Waals surface area contributed by atoms with Gasteiger partial charge in [0, 0.05) is 20.2 Å². The van der Waals surface area contributed by atoms with Crippen LogP contribution in [0.1, 0.15) is 20.7 Å². The van der Waals surface area contributed by atoms with Gasteiger partial charge in [-0.1, -0.05) is 24.3 Å². The zero-order valence-corrected chi connectivity index (χ0v) is 15.8. The standard InChI is InChI=1S/C21H24N2O5/c1-26-14-15-28-19-9-5-3-7-17(19)20(24)22-18-8-4-2-6-16(18)21(25)23-10-12-27-13-11-23/h2-9H,10-15H2,1H3,(H,22,24). The molecule has 1 N–H and O–H groups in total. The van der Waals surface area contributed by atoms with Gasteiger partial charge < -0.3 is 24.4 Å². The van der Waals surface area contributed by atoms with Crippen molar-refractivity contribution in [2.75, 3.05) is 51.9 Å². The summed E-state index contributed by atoms with van der Waals surface area (Å²) in [6.07, 6.45) is 0. The molecule has 3 rings (SSSR count). The molecule has 2 aromatic rings. The van der Waals surface area contributed by atoms with E-state index < -0.39 is 0 Å². The summed E-state index contributed by atoms with van der Waals surface area (Å²) in [4.78, 5) is 27.4. The van der Waals surface area contributed by atoms with Gasteiger partial charge in [-0.2, -0.15) is 0 Å². The molecule has 1 fully saturated rings. The Labute approximate surface area is 164 Å². The minimum atomic E-state index is -0.338. The van der Waals surface area contributed by atoms with Crippen LogP contribution in [-0.2, 0) is 9.47 Å². The highest BCUT2D eigenvalue weighted by molar-refractivity contribution is 6.10. The van der Waals surface area contributed by atoms with E-state index in [9.17, 15) is 9.59 Å². The van der Waals surface area contributed by atoms with Crippen LogP contribution in [0.5, 0.6) is 5.75 Å². The number of rotatable bonds is 7. The van der Waals surface area contributed by atoms with Crippen LogP contribution < -0.4 is 10.1 Å². The van der Waals surface area contributed by atoms with Gasteiger partial charge in [0.2, 0.25) is 0 Å². The molecule has 28 heavy (non-hydrogen) atoms. The highest BCUT2D eigenvalue weighted by Crippen LogP contribution is 2.22. The van der Waals surface area contributed by atoms with Gasteiger partial charge >= 0.3 is 0 Å². The average molecular weight is 384 g/mol. The van der Waals surface area contributed by atoms with E-state index in [1.54, 1.807) is 60.5 Å². The third-order valence-electron chi connectivity index (χ3n) is 4.38. The van der Waals surface area contributed by atoms with Gasteiger partial charge in [0.1, 0.15) is 12.4 Å². The zero-order valence-electron chi connectivity index (χ0n) is 15.8. The van der Waals surface area contributed by atoms with Crippen LogP contribution in [0.25, 0.3) is 0 Å². The molecule has 7 nitrogen and oxygen atoms in total. The number of nitrogens with zero attached hydrogens (tertiary/aromatic N) is 1. The fourth-order valence-corrected chi connectivity index (χ4v) is 2.92. The van der Waals surface area contributed by atoms with E-state index in [-0.39, 0.29) is 11.8 Å². The number of carbonyl (C=O) groups is 2. The Bertz CT molecular complexity index is 818. The Hall–Kier alpha value is -2.90. The van der Waals surface area contributed by atoms with Crippen LogP contribution >= 0.6 is 0 Å². The van der Waals surface area contributed by atoms with Crippen LogP contribution in [0.3, 0.4) is 0 Å². The predicted molar refractivity (Wildman–Crippen MR) is 105 cm³/mol. The third kappa shape index (κ3) is 4.88. The Morgan fingerprint density at radius 1 is 1.00 bits per heavy atom. The van der Waals surface area contributed by atoms with E-state index in [0.717, 1.165) is 0 Å². The first-order chi connectivity index (χ1) is 13.7. The van der Waals surface area contributed by atoms with E-state index in [0.29, 0.717) is 62.1 Å². The number of hydrogen-bond donors (Lipinski definition) is 1. The molecular formula is C21H24N2O5. The van der Waals surface area contributed by atoms with Crippen LogP contribution in [-0.4, -0.2) is 63.3 Å². The van der Waals surface area contributed by atoms with Gasteiger partial charge in [0.15, 0.2) is 0 Å². The Kier molecular flexibility index (Phi) is 7.00. The molecule has 2 amide bonds. The SMILES string of the molecule is COCCOc1ccccc1C(=O)Nc1ccccc1C(=O)N1CCOCC1. The molecule has 0 aliphatic carbocycles. The predicted octanol–water partition coefficient (Wildman–Crippen LogP) is 2.44. The third-order valence-corrected chi connectivity index (χ3v) is 4.38. The van der Waals surface area contributed by atoms with E-state index in [2.05, 4.69) is 5.32 Å². The summed E-state index contributed by atoms with van der Waals surface area (Å²) in [5.74, 6) is 0.00751. The fraction of sp³-hybridized carbons (Fsp3) is 0.333. The molecular weight excluding hydrogens is 360 g/mol. The monoisotopic (exact) mass is 384 g/mol. The molecule has 1 aliphatic heterocycles. The molecule has 0 unspecified atom stereocenters. The summed E-state index contributed by atoms with van der Waals surface area (Å²) in [5, 5.41) is 2.85. The molecule has 7 heteroatoms. The molecule has 1 aliphatic rings. The second-order valence-electron chi connectivity index (χ2n) is 6.24. The van der Waals surface area contributed by atoms with E-state index in [1.807, 2.05) is 0 Å². The van der Waals surface area contributed by atoms with Crippen LogP contribution in [0.15, 0.2) is 48.5 Å². The van der Waals surface area contributed by atoms with Crippen molar-refractivity contribution < 1.29 is 23.8 Å². The highest BCUT2D eigenvalue weighted by Gasteiger charge is 2.22. The lowest BCUT2D eigenvalue weighted by Crippen LogP contribution is -2.41. The molecule has 0 bridgehead atoms. The highest BCUT2D eigenvalue weighted by atomic mass is 16.5. The molecule has 2 aromatic carbocycles. The van der Waals surface area contributed by atoms with E-state index in [4.69, 9.17) is 14.2 Å². The number of carbonyl (C=O) groups excluding carboxylic acids is 2. The number of ether oxygens (including phenoxy) is 3. The van der Waals surface area contributed by atoms with Crippen molar-refractivity contribution in [2.24, 2.45) is 0 Å². The van der Waals surface area contributed by atoms with Crippen molar-refractivity contribution in [3.8, 4) is 5.75 Å². The first-order valence-electron chi connectivity index (χ1n) is 9.19. The number of amides is 2. The maximum atomic E-state index is 12.9. The van der Waals surface area contributed by atoms with Gasteiger partial charge in [0.05, 0.1) is 36.6 Å². The zero-order chi connectivity index (χ0) is 19.8. The minimum Gasteiger partial charge on any atom is -0.490 e. The van der Waals surface area contributed by atoms with Crippen molar-refractivity contribution in [3.05, 3.63) is 59.7 Å². The largest absolute Gasteiger partial charge is 0.490 e. The molecule has 1 saturated heterocycles. The summed E-state index contributed by atoms with van der Waals surface area (Å²) in [5.41, 5.74) is 1.32. The van der Waals surface area contributed by atoms with Crippen LogP contribution in [0.4, 0.5) is 5.69 Å². The lowest BCUT2D eigenvalue weighted by Gasteiger charge is -2.27. The van der Waals surface area contributed by atoms with Crippen LogP contribution in [0.2, 0.25) is 0 Å². The van der Waals surface area contributed by atoms with Gasteiger partial charge in [-0.25, -0.2) is 0 Å². The normalized spacial score (nSPS) is 13.8. The number of methoxy groups -OCH3 is 1. The van der Waals surface area contributed by atoms with Crippen molar-refractivity contribution in [3.63, 3.8) is 0 Å². The van der Waals surface area contributed by atoms with Crippen molar-refractivity contribution in [1.29, 1.82) is 0 Å². The number of anilines is 1. The summed E-state index contributed by atoms with van der Waals surface area (Å²) in [6.45, 7) is 2.88. The second-order valence-corrected chi connectivity index (χ2v) is 6.24. The average Bonchev–Trinajstić information content (AvgIpc) is 2.75. The minimum absolute atomic E-state index is 0.121. The van der Waals surface area contributed by atoms with E-state index in [1.165, 1.54) is 0 Å².